The molecule has 4 nitrogen and oxygen atoms in total. The zero-order valence-electron chi connectivity index (χ0n) is 6.94. The summed E-state index contributed by atoms with van der Waals surface area (Å²) in [7, 11) is 0. The van der Waals surface area contributed by atoms with Crippen LogP contribution >= 0.6 is 0 Å². The molecule has 0 amide bonds. The molecule has 64 valence electrons. The third kappa shape index (κ3) is 0.796. The topological polar surface area (TPSA) is 52.1 Å². The van der Waals surface area contributed by atoms with Crippen LogP contribution in [-0.4, -0.2) is 10.1 Å². The second-order valence-electron chi connectivity index (χ2n) is 2.94. The minimum absolute atomic E-state index is 0.726. The largest absolute Gasteiger partial charge is 0.443 e. The van der Waals surface area contributed by atoms with Crippen LogP contribution in [0, 0.1) is 6.92 Å². The van der Waals surface area contributed by atoms with Crippen molar-refractivity contribution in [3.8, 4) is 0 Å². The van der Waals surface area contributed by atoms with Crippen LogP contribution in [0.25, 0.3) is 22.1 Å². The van der Waals surface area contributed by atoms with E-state index in [-0.39, 0.29) is 0 Å². The summed E-state index contributed by atoms with van der Waals surface area (Å²) in [5.74, 6) is 0. The zero-order valence-corrected chi connectivity index (χ0v) is 6.94. The van der Waals surface area contributed by atoms with Crippen LogP contribution in [0.4, 0.5) is 0 Å². The van der Waals surface area contributed by atoms with E-state index < -0.39 is 0 Å². The van der Waals surface area contributed by atoms with Crippen molar-refractivity contribution in [2.75, 3.05) is 0 Å². The van der Waals surface area contributed by atoms with E-state index in [9.17, 15) is 0 Å². The maximum absolute atomic E-state index is 5.14. The van der Waals surface area contributed by atoms with Crippen LogP contribution in [0.3, 0.4) is 0 Å². The van der Waals surface area contributed by atoms with Crippen molar-refractivity contribution in [3.05, 3.63) is 24.2 Å². The van der Waals surface area contributed by atoms with E-state index in [1.807, 2.05) is 13.0 Å². The molecule has 0 aliphatic rings. The first kappa shape index (κ1) is 6.65. The van der Waals surface area contributed by atoms with Crippen molar-refractivity contribution in [2.45, 2.75) is 6.92 Å². The highest BCUT2D eigenvalue weighted by Crippen LogP contribution is 2.23. The van der Waals surface area contributed by atoms with Crippen molar-refractivity contribution in [2.24, 2.45) is 0 Å². The molecule has 0 saturated heterocycles. The third-order valence-electron chi connectivity index (χ3n) is 2.10. The summed E-state index contributed by atoms with van der Waals surface area (Å²) in [5, 5.41) is 4.84. The van der Waals surface area contributed by atoms with Crippen molar-refractivity contribution < 1.29 is 8.94 Å². The van der Waals surface area contributed by atoms with Crippen LogP contribution in [0.5, 0.6) is 0 Å². The minimum atomic E-state index is 0.726. The zero-order chi connectivity index (χ0) is 8.84. The molecule has 2 aromatic heterocycles. The Bertz CT molecular complexity index is 579. The van der Waals surface area contributed by atoms with Gasteiger partial charge in [-0.15, -0.1) is 0 Å². The van der Waals surface area contributed by atoms with Gasteiger partial charge in [0, 0.05) is 11.5 Å². The highest BCUT2D eigenvalue weighted by molar-refractivity contribution is 5.92. The van der Waals surface area contributed by atoms with E-state index in [4.69, 9.17) is 8.94 Å². The maximum atomic E-state index is 5.14. The average molecular weight is 174 g/mol. The number of oxazole rings is 1. The van der Waals surface area contributed by atoms with Crippen LogP contribution in [-0.2, 0) is 0 Å². The van der Waals surface area contributed by atoms with E-state index in [0.29, 0.717) is 0 Å². The van der Waals surface area contributed by atoms with Gasteiger partial charge in [-0.1, -0.05) is 5.16 Å². The molecule has 0 N–H and O–H groups in total. The molecule has 3 aromatic rings. The molecule has 0 aliphatic heterocycles. The SMILES string of the molecule is Cc1noc2cc3ocnc3cc12. The lowest BCUT2D eigenvalue weighted by Gasteiger charge is -1.86. The number of hydrogen-bond donors (Lipinski definition) is 0. The Morgan fingerprint density at radius 2 is 2.15 bits per heavy atom. The van der Waals surface area contributed by atoms with Gasteiger partial charge in [-0.3, -0.25) is 0 Å². The summed E-state index contributed by atoms with van der Waals surface area (Å²) in [6, 6.07) is 3.72. The van der Waals surface area contributed by atoms with Gasteiger partial charge in [-0.05, 0) is 13.0 Å². The van der Waals surface area contributed by atoms with Crippen molar-refractivity contribution in [1.82, 2.24) is 10.1 Å². The molecule has 2 heterocycles. The smallest absolute Gasteiger partial charge is 0.181 e. The Labute approximate surface area is 73.1 Å². The molecule has 0 spiro atoms. The number of hydrogen-bond acceptors (Lipinski definition) is 4. The molecular formula is C9H6N2O2. The number of benzene rings is 1. The van der Waals surface area contributed by atoms with E-state index >= 15 is 0 Å². The van der Waals surface area contributed by atoms with Gasteiger partial charge >= 0.3 is 0 Å². The second-order valence-corrected chi connectivity index (χ2v) is 2.94. The summed E-state index contributed by atoms with van der Waals surface area (Å²) >= 11 is 0. The number of nitrogens with zero attached hydrogens (tertiary/aromatic N) is 2. The molecule has 4 heteroatoms. The Kier molecular flexibility index (Phi) is 1.07. The fourth-order valence-electron chi connectivity index (χ4n) is 1.41. The molecule has 0 unspecified atom stereocenters. The summed E-state index contributed by atoms with van der Waals surface area (Å²) in [5.41, 5.74) is 3.17. The van der Waals surface area contributed by atoms with Gasteiger partial charge in [-0.2, -0.15) is 0 Å². The van der Waals surface area contributed by atoms with Crippen LogP contribution in [0.1, 0.15) is 5.69 Å². The van der Waals surface area contributed by atoms with Gasteiger partial charge < -0.3 is 8.94 Å². The Hall–Kier alpha value is -1.84. The molecule has 13 heavy (non-hydrogen) atoms. The van der Waals surface area contributed by atoms with Crippen LogP contribution in [0.15, 0.2) is 27.5 Å². The molecule has 0 fully saturated rings. The Balaban J connectivity index is 2.59. The molecule has 0 radical (unpaired) electrons. The monoisotopic (exact) mass is 174 g/mol. The molecular weight excluding hydrogens is 168 g/mol. The summed E-state index contributed by atoms with van der Waals surface area (Å²) in [6.07, 6.45) is 1.42. The van der Waals surface area contributed by atoms with Gasteiger partial charge in [0.1, 0.15) is 5.52 Å². The lowest BCUT2D eigenvalue weighted by Crippen LogP contribution is -1.71. The Morgan fingerprint density at radius 3 is 3.08 bits per heavy atom. The summed E-state index contributed by atoms with van der Waals surface area (Å²) < 4.78 is 10.2. The van der Waals surface area contributed by atoms with Gasteiger partial charge in [0.05, 0.1) is 5.69 Å². The fourth-order valence-corrected chi connectivity index (χ4v) is 1.41. The molecule has 0 aliphatic carbocycles. The van der Waals surface area contributed by atoms with E-state index in [0.717, 1.165) is 27.8 Å². The lowest BCUT2D eigenvalue weighted by atomic mass is 10.2. The maximum Gasteiger partial charge on any atom is 0.181 e. The van der Waals surface area contributed by atoms with Gasteiger partial charge in [0.25, 0.3) is 0 Å². The number of fused-ring (bicyclic) bond motifs is 2. The summed E-state index contributed by atoms with van der Waals surface area (Å²) in [6.45, 7) is 1.90. The minimum Gasteiger partial charge on any atom is -0.443 e. The second kappa shape index (κ2) is 2.10. The van der Waals surface area contributed by atoms with Crippen LogP contribution in [0.2, 0.25) is 0 Å². The fraction of sp³-hybridized carbons (Fsp3) is 0.111. The van der Waals surface area contributed by atoms with Crippen molar-refractivity contribution in [1.29, 1.82) is 0 Å². The number of aryl methyl sites for hydroxylation is 1. The van der Waals surface area contributed by atoms with Gasteiger partial charge in [-0.25, -0.2) is 4.98 Å². The van der Waals surface area contributed by atoms with Crippen LogP contribution < -0.4 is 0 Å². The third-order valence-corrected chi connectivity index (χ3v) is 2.10. The van der Waals surface area contributed by atoms with E-state index in [1.165, 1.54) is 6.39 Å². The average Bonchev–Trinajstić information content (AvgIpc) is 2.70. The first-order valence-electron chi connectivity index (χ1n) is 3.94. The first-order chi connectivity index (χ1) is 6.34. The molecule has 3 rings (SSSR count). The standard InChI is InChI=1S/C9H6N2O2/c1-5-6-2-7-9(12-4-10-7)3-8(6)13-11-5/h2-4H,1H3. The van der Waals surface area contributed by atoms with Crippen molar-refractivity contribution in [3.63, 3.8) is 0 Å². The summed E-state index contributed by atoms with van der Waals surface area (Å²) in [4.78, 5) is 4.05. The first-order valence-corrected chi connectivity index (χ1v) is 3.94. The van der Waals surface area contributed by atoms with E-state index in [1.54, 1.807) is 6.07 Å². The van der Waals surface area contributed by atoms with E-state index in [2.05, 4.69) is 10.1 Å². The molecule has 0 bridgehead atoms. The molecule has 1 aromatic carbocycles. The predicted molar refractivity (Wildman–Crippen MR) is 46.3 cm³/mol. The number of rotatable bonds is 0. The highest BCUT2D eigenvalue weighted by Gasteiger charge is 2.07. The Morgan fingerprint density at radius 1 is 1.23 bits per heavy atom. The predicted octanol–water partition coefficient (Wildman–Crippen LogP) is 2.28. The quantitative estimate of drug-likeness (QED) is 0.524. The van der Waals surface area contributed by atoms with Gasteiger partial charge in [0.2, 0.25) is 0 Å². The lowest BCUT2D eigenvalue weighted by molar-refractivity contribution is 0.450. The normalized spacial score (nSPS) is 11.5. The number of aromatic nitrogens is 2. The van der Waals surface area contributed by atoms with Gasteiger partial charge in [0.15, 0.2) is 17.6 Å². The highest BCUT2D eigenvalue weighted by atomic mass is 16.5. The molecule has 0 saturated carbocycles. The molecule has 0 atom stereocenters. The van der Waals surface area contributed by atoms with Crippen molar-refractivity contribution >= 4 is 22.1 Å².